The summed E-state index contributed by atoms with van der Waals surface area (Å²) in [6, 6.07) is 1.92. The van der Waals surface area contributed by atoms with E-state index in [1.807, 2.05) is 16.3 Å². The average Bonchev–Trinajstić information content (AvgIpc) is 3.11. The number of halogens is 1. The van der Waals surface area contributed by atoms with Gasteiger partial charge in [0, 0.05) is 22.9 Å². The molecule has 1 saturated carbocycles. The van der Waals surface area contributed by atoms with Gasteiger partial charge in [0.2, 0.25) is 0 Å². The minimum absolute atomic E-state index is 0.195. The van der Waals surface area contributed by atoms with Crippen LogP contribution < -0.4 is 0 Å². The van der Waals surface area contributed by atoms with Crippen molar-refractivity contribution in [1.82, 2.24) is 4.90 Å². The fourth-order valence-electron chi connectivity index (χ4n) is 2.33. The molecule has 0 aromatic carbocycles. The van der Waals surface area contributed by atoms with Crippen molar-refractivity contribution < 1.29 is 4.79 Å². The molecule has 2 nitrogen and oxygen atoms in total. The summed E-state index contributed by atoms with van der Waals surface area (Å²) >= 11 is 4.91. The lowest BCUT2D eigenvalue weighted by Crippen LogP contribution is -2.35. The highest BCUT2D eigenvalue weighted by Crippen LogP contribution is 2.36. The van der Waals surface area contributed by atoms with Crippen molar-refractivity contribution in [2.24, 2.45) is 0 Å². The molecule has 4 heteroatoms. The molecule has 0 N–H and O–H groups in total. The first-order chi connectivity index (χ1) is 8.24. The van der Waals surface area contributed by atoms with Crippen LogP contribution in [-0.2, 0) is 0 Å². The molecule has 2 aliphatic rings. The van der Waals surface area contributed by atoms with E-state index in [4.69, 9.17) is 0 Å². The lowest BCUT2D eigenvalue weighted by atomic mass is 10.0. The molecule has 1 saturated heterocycles. The second-order valence-electron chi connectivity index (χ2n) is 4.63. The number of hydrogen-bond donors (Lipinski definition) is 0. The summed E-state index contributed by atoms with van der Waals surface area (Å²) in [7, 11) is 0. The number of carbonyl (C=O) groups is 1. The lowest BCUT2D eigenvalue weighted by Gasteiger charge is -2.28. The third-order valence-electron chi connectivity index (χ3n) is 3.43. The number of hydrogen-bond acceptors (Lipinski definition) is 2. The van der Waals surface area contributed by atoms with Crippen LogP contribution in [0.15, 0.2) is 27.1 Å². The Morgan fingerprint density at radius 3 is 2.35 bits per heavy atom. The number of thiophene rings is 1. The number of rotatable bonds is 1. The smallest absolute Gasteiger partial charge is 0.263 e. The Bertz CT molecular complexity index is 475. The minimum atomic E-state index is 0.195. The number of nitrogens with zero attached hydrogens (tertiary/aromatic N) is 1. The maximum absolute atomic E-state index is 12.2. The Balaban J connectivity index is 1.66. The van der Waals surface area contributed by atoms with Gasteiger partial charge in [-0.05, 0) is 47.7 Å². The van der Waals surface area contributed by atoms with E-state index in [0.29, 0.717) is 0 Å². The molecule has 90 valence electrons. The van der Waals surface area contributed by atoms with Gasteiger partial charge >= 0.3 is 0 Å². The molecule has 0 radical (unpaired) electrons. The summed E-state index contributed by atoms with van der Waals surface area (Å²) < 4.78 is 1.00. The SMILES string of the molecule is O=C(c1cc(Br)cs1)N1CCC(=C2CC2)CC1. The third-order valence-corrected chi connectivity index (χ3v) is 5.11. The predicted molar refractivity (Wildman–Crippen MR) is 73.4 cm³/mol. The third kappa shape index (κ3) is 2.47. The van der Waals surface area contributed by atoms with Gasteiger partial charge in [-0.25, -0.2) is 0 Å². The van der Waals surface area contributed by atoms with E-state index in [9.17, 15) is 4.79 Å². The second-order valence-corrected chi connectivity index (χ2v) is 6.46. The van der Waals surface area contributed by atoms with Crippen LogP contribution in [0.3, 0.4) is 0 Å². The van der Waals surface area contributed by atoms with Crippen LogP contribution in [-0.4, -0.2) is 23.9 Å². The highest BCUT2D eigenvalue weighted by atomic mass is 79.9. The Kier molecular flexibility index (Phi) is 3.09. The molecule has 2 heterocycles. The maximum Gasteiger partial charge on any atom is 0.263 e. The van der Waals surface area contributed by atoms with E-state index in [0.717, 1.165) is 35.3 Å². The molecular weight excluding hydrogens is 298 g/mol. The van der Waals surface area contributed by atoms with Crippen LogP contribution in [0, 0.1) is 0 Å². The molecule has 1 aromatic rings. The van der Waals surface area contributed by atoms with Crippen molar-refractivity contribution in [2.75, 3.05) is 13.1 Å². The van der Waals surface area contributed by atoms with Gasteiger partial charge in [0.25, 0.3) is 5.91 Å². The monoisotopic (exact) mass is 311 g/mol. The van der Waals surface area contributed by atoms with Crippen LogP contribution in [0.2, 0.25) is 0 Å². The Labute approximate surface area is 113 Å². The first kappa shape index (κ1) is 11.5. The van der Waals surface area contributed by atoms with Crippen molar-refractivity contribution in [3.05, 3.63) is 31.9 Å². The molecule has 0 spiro atoms. The van der Waals surface area contributed by atoms with Crippen LogP contribution in [0.5, 0.6) is 0 Å². The highest BCUT2D eigenvalue weighted by molar-refractivity contribution is 9.10. The van der Waals surface area contributed by atoms with E-state index in [1.165, 1.54) is 24.2 Å². The Morgan fingerprint density at radius 1 is 1.18 bits per heavy atom. The highest BCUT2D eigenvalue weighted by Gasteiger charge is 2.25. The molecule has 1 aliphatic carbocycles. The van der Waals surface area contributed by atoms with E-state index < -0.39 is 0 Å². The molecule has 0 bridgehead atoms. The first-order valence-electron chi connectivity index (χ1n) is 5.97. The van der Waals surface area contributed by atoms with Crippen LogP contribution in [0.1, 0.15) is 35.4 Å². The van der Waals surface area contributed by atoms with Crippen molar-refractivity contribution in [3.63, 3.8) is 0 Å². The topological polar surface area (TPSA) is 20.3 Å². The Morgan fingerprint density at radius 2 is 1.82 bits per heavy atom. The summed E-state index contributed by atoms with van der Waals surface area (Å²) in [6.07, 6.45) is 4.80. The quantitative estimate of drug-likeness (QED) is 0.722. The molecule has 1 amide bonds. The zero-order valence-corrected chi connectivity index (χ0v) is 11.9. The molecular formula is C13H14BrNOS. The summed E-state index contributed by atoms with van der Waals surface area (Å²) in [5, 5.41) is 1.97. The summed E-state index contributed by atoms with van der Waals surface area (Å²) in [6.45, 7) is 1.79. The predicted octanol–water partition coefficient (Wildman–Crippen LogP) is 3.84. The zero-order chi connectivity index (χ0) is 11.8. The number of likely N-dealkylation sites (tertiary alicyclic amines) is 1. The fourth-order valence-corrected chi connectivity index (χ4v) is 3.72. The van der Waals surface area contributed by atoms with Crippen LogP contribution in [0.4, 0.5) is 0 Å². The van der Waals surface area contributed by atoms with E-state index in [2.05, 4.69) is 15.9 Å². The molecule has 1 aromatic heterocycles. The molecule has 3 rings (SSSR count). The largest absolute Gasteiger partial charge is 0.337 e. The molecule has 2 fully saturated rings. The molecule has 0 atom stereocenters. The van der Waals surface area contributed by atoms with Crippen LogP contribution in [0.25, 0.3) is 0 Å². The first-order valence-corrected chi connectivity index (χ1v) is 7.64. The molecule has 0 unspecified atom stereocenters. The normalized spacial score (nSPS) is 19.7. The van der Waals surface area contributed by atoms with Gasteiger partial charge in [-0.1, -0.05) is 11.1 Å². The van der Waals surface area contributed by atoms with Crippen molar-refractivity contribution in [1.29, 1.82) is 0 Å². The van der Waals surface area contributed by atoms with E-state index in [1.54, 1.807) is 11.1 Å². The van der Waals surface area contributed by atoms with E-state index >= 15 is 0 Å². The number of amides is 1. The van der Waals surface area contributed by atoms with Gasteiger partial charge in [-0.3, -0.25) is 4.79 Å². The standard InChI is InChI=1S/C13H14BrNOS/c14-11-7-12(17-8-11)13(16)15-5-3-10(4-6-15)9-1-2-9/h7-8H,1-6H2. The van der Waals surface area contributed by atoms with Crippen molar-refractivity contribution in [3.8, 4) is 0 Å². The average molecular weight is 312 g/mol. The number of allylic oxidation sites excluding steroid dienone is 1. The van der Waals surface area contributed by atoms with Gasteiger partial charge in [0.1, 0.15) is 0 Å². The Hall–Kier alpha value is -0.610. The van der Waals surface area contributed by atoms with Gasteiger partial charge in [0.15, 0.2) is 0 Å². The minimum Gasteiger partial charge on any atom is -0.337 e. The number of piperidine rings is 1. The maximum atomic E-state index is 12.2. The summed E-state index contributed by atoms with van der Waals surface area (Å²) in [5.41, 5.74) is 3.29. The second kappa shape index (κ2) is 4.58. The summed E-state index contributed by atoms with van der Waals surface area (Å²) in [5.74, 6) is 0.195. The van der Waals surface area contributed by atoms with Gasteiger partial charge < -0.3 is 4.90 Å². The van der Waals surface area contributed by atoms with Gasteiger partial charge in [-0.15, -0.1) is 11.3 Å². The fraction of sp³-hybridized carbons (Fsp3) is 0.462. The van der Waals surface area contributed by atoms with Crippen molar-refractivity contribution in [2.45, 2.75) is 25.7 Å². The van der Waals surface area contributed by atoms with Gasteiger partial charge in [-0.2, -0.15) is 0 Å². The molecule has 1 aliphatic heterocycles. The molecule has 17 heavy (non-hydrogen) atoms. The number of carbonyl (C=O) groups excluding carboxylic acids is 1. The van der Waals surface area contributed by atoms with Crippen molar-refractivity contribution >= 4 is 33.2 Å². The van der Waals surface area contributed by atoms with Gasteiger partial charge in [0.05, 0.1) is 4.88 Å². The lowest BCUT2D eigenvalue weighted by molar-refractivity contribution is 0.0748. The van der Waals surface area contributed by atoms with Crippen LogP contribution >= 0.6 is 27.3 Å². The van der Waals surface area contributed by atoms with E-state index in [-0.39, 0.29) is 5.91 Å². The summed E-state index contributed by atoms with van der Waals surface area (Å²) in [4.78, 5) is 15.0. The zero-order valence-electron chi connectivity index (χ0n) is 9.54.